The topological polar surface area (TPSA) is 91.3 Å². The lowest BCUT2D eigenvalue weighted by molar-refractivity contribution is -0.384. The summed E-state index contributed by atoms with van der Waals surface area (Å²) in [5.74, 6) is 0.627. The van der Waals surface area contributed by atoms with Gasteiger partial charge in [-0.05, 0) is 37.6 Å². The van der Waals surface area contributed by atoms with Gasteiger partial charge in [0.1, 0.15) is 11.4 Å². The number of nitro groups is 1. The lowest BCUT2D eigenvalue weighted by atomic mass is 10.2. The summed E-state index contributed by atoms with van der Waals surface area (Å²) in [6, 6.07) is 8.17. The van der Waals surface area contributed by atoms with Gasteiger partial charge in [0.25, 0.3) is 0 Å². The second kappa shape index (κ2) is 5.56. The highest BCUT2D eigenvalue weighted by Gasteiger charge is 2.20. The predicted molar refractivity (Wildman–Crippen MR) is 75.9 cm³/mol. The Morgan fingerprint density at radius 3 is 2.70 bits per heavy atom. The molecule has 2 rings (SSSR count). The minimum absolute atomic E-state index is 0.0746. The molecule has 0 amide bonds. The smallest absolute Gasteiger partial charge is 0.334 e. The quantitative estimate of drug-likeness (QED) is 0.524. The molecule has 0 aliphatic carbocycles. The van der Waals surface area contributed by atoms with Gasteiger partial charge in [0.15, 0.2) is 0 Å². The Balaban J connectivity index is 2.45. The molecule has 0 saturated carbocycles. The fraction of sp³-hybridized carbons (Fsp3) is 0.214. The van der Waals surface area contributed by atoms with E-state index in [1.54, 1.807) is 18.2 Å². The molecule has 0 radical (unpaired) electrons. The van der Waals surface area contributed by atoms with Gasteiger partial charge in [0, 0.05) is 5.69 Å². The van der Waals surface area contributed by atoms with E-state index in [1.165, 1.54) is 12.1 Å². The normalized spacial score (nSPS) is 10.3. The first kappa shape index (κ1) is 13.8. The highest BCUT2D eigenvalue weighted by molar-refractivity contribution is 5.66. The Labute approximate surface area is 116 Å². The number of nitrogens with zero attached hydrogens (tertiary/aromatic N) is 2. The van der Waals surface area contributed by atoms with E-state index in [0.29, 0.717) is 12.2 Å². The third-order valence-corrected chi connectivity index (χ3v) is 2.84. The van der Waals surface area contributed by atoms with Crippen molar-refractivity contribution in [1.82, 2.24) is 4.98 Å². The molecule has 104 valence electrons. The largest absolute Gasteiger partial charge is 0.448 e. The molecule has 2 N–H and O–H groups in total. The van der Waals surface area contributed by atoms with Crippen LogP contribution in [0, 0.1) is 17.0 Å². The second-order valence-electron chi connectivity index (χ2n) is 4.30. The molecule has 1 aromatic heterocycles. The summed E-state index contributed by atoms with van der Waals surface area (Å²) in [5, 5.41) is 11.1. The van der Waals surface area contributed by atoms with Gasteiger partial charge < -0.3 is 10.5 Å². The summed E-state index contributed by atoms with van der Waals surface area (Å²) in [4.78, 5) is 14.9. The zero-order valence-electron chi connectivity index (χ0n) is 11.3. The van der Waals surface area contributed by atoms with Gasteiger partial charge in [0.05, 0.1) is 10.6 Å². The molecule has 0 saturated heterocycles. The fourth-order valence-electron chi connectivity index (χ4n) is 1.88. The van der Waals surface area contributed by atoms with Crippen LogP contribution in [0.4, 0.5) is 11.4 Å². The Morgan fingerprint density at radius 1 is 1.30 bits per heavy atom. The molecule has 1 aromatic carbocycles. The molecule has 0 spiro atoms. The maximum Gasteiger partial charge on any atom is 0.334 e. The summed E-state index contributed by atoms with van der Waals surface area (Å²) in [6.45, 7) is 3.83. The molecular weight excluding hydrogens is 258 g/mol. The first-order valence-corrected chi connectivity index (χ1v) is 6.20. The van der Waals surface area contributed by atoms with Crippen LogP contribution in [0.25, 0.3) is 0 Å². The molecule has 20 heavy (non-hydrogen) atoms. The van der Waals surface area contributed by atoms with Crippen molar-refractivity contribution >= 4 is 11.4 Å². The van der Waals surface area contributed by atoms with E-state index in [-0.39, 0.29) is 17.1 Å². The van der Waals surface area contributed by atoms with E-state index < -0.39 is 4.92 Å². The number of anilines is 1. The third kappa shape index (κ3) is 2.69. The van der Waals surface area contributed by atoms with Gasteiger partial charge in [-0.3, -0.25) is 15.1 Å². The minimum Gasteiger partial charge on any atom is -0.448 e. The fourth-order valence-corrected chi connectivity index (χ4v) is 1.88. The van der Waals surface area contributed by atoms with Crippen LogP contribution in [-0.2, 0) is 6.42 Å². The average Bonchev–Trinajstić information content (AvgIpc) is 2.40. The number of rotatable bonds is 4. The van der Waals surface area contributed by atoms with Gasteiger partial charge in [-0.25, -0.2) is 0 Å². The maximum absolute atomic E-state index is 11.1. The number of benzene rings is 1. The molecule has 0 aliphatic rings. The number of nitrogens with two attached hydrogens (primary N) is 1. The van der Waals surface area contributed by atoms with Crippen molar-refractivity contribution in [2.45, 2.75) is 20.3 Å². The van der Waals surface area contributed by atoms with Crippen LogP contribution >= 0.6 is 0 Å². The molecule has 0 aliphatic heterocycles. The molecule has 1 heterocycles. The molecule has 0 bridgehead atoms. The van der Waals surface area contributed by atoms with Crippen LogP contribution in [0.2, 0.25) is 0 Å². The number of hydrogen-bond donors (Lipinski definition) is 1. The number of para-hydroxylation sites is 1. The number of aromatic nitrogens is 1. The number of nitro benzene ring substituents is 1. The SMILES string of the molecule is CCc1nc(C)ccc1Oc1cccc(N)c1[N+](=O)[O-]. The van der Waals surface area contributed by atoms with E-state index in [0.717, 1.165) is 11.4 Å². The van der Waals surface area contributed by atoms with E-state index in [2.05, 4.69) is 4.98 Å². The lowest BCUT2D eigenvalue weighted by Crippen LogP contribution is -2.00. The van der Waals surface area contributed by atoms with E-state index in [1.807, 2.05) is 13.8 Å². The summed E-state index contributed by atoms with van der Waals surface area (Å²) < 4.78 is 5.64. The highest BCUT2D eigenvalue weighted by Crippen LogP contribution is 2.36. The first-order valence-electron chi connectivity index (χ1n) is 6.20. The molecule has 2 aromatic rings. The van der Waals surface area contributed by atoms with E-state index in [4.69, 9.17) is 10.5 Å². The Bertz CT molecular complexity index is 656. The van der Waals surface area contributed by atoms with Crippen molar-refractivity contribution in [3.63, 3.8) is 0 Å². The van der Waals surface area contributed by atoms with Crippen molar-refractivity contribution < 1.29 is 9.66 Å². The van der Waals surface area contributed by atoms with Crippen LogP contribution in [0.1, 0.15) is 18.3 Å². The van der Waals surface area contributed by atoms with Crippen LogP contribution in [-0.4, -0.2) is 9.91 Å². The number of hydrogen-bond acceptors (Lipinski definition) is 5. The highest BCUT2D eigenvalue weighted by atomic mass is 16.6. The zero-order chi connectivity index (χ0) is 14.7. The number of ether oxygens (including phenoxy) is 1. The van der Waals surface area contributed by atoms with Crippen LogP contribution in [0.15, 0.2) is 30.3 Å². The molecule has 0 unspecified atom stereocenters. The Hall–Kier alpha value is -2.63. The molecule has 6 nitrogen and oxygen atoms in total. The van der Waals surface area contributed by atoms with Crippen molar-refractivity contribution in [2.75, 3.05) is 5.73 Å². The number of nitrogen functional groups attached to an aromatic ring is 1. The van der Waals surface area contributed by atoms with Crippen molar-refractivity contribution in [3.8, 4) is 11.5 Å². The van der Waals surface area contributed by atoms with Crippen molar-refractivity contribution in [2.24, 2.45) is 0 Å². The number of pyridine rings is 1. The summed E-state index contributed by atoms with van der Waals surface area (Å²) in [5.41, 5.74) is 7.10. The van der Waals surface area contributed by atoms with Gasteiger partial charge in [-0.1, -0.05) is 13.0 Å². The molecular formula is C14H15N3O3. The van der Waals surface area contributed by atoms with Crippen molar-refractivity contribution in [1.29, 1.82) is 0 Å². The molecule has 0 fully saturated rings. The summed E-state index contributed by atoms with van der Waals surface area (Å²) in [6.07, 6.45) is 0.674. The summed E-state index contributed by atoms with van der Waals surface area (Å²) in [7, 11) is 0. The first-order chi connectivity index (χ1) is 9.52. The number of aryl methyl sites for hydroxylation is 2. The van der Waals surface area contributed by atoms with Crippen molar-refractivity contribution in [3.05, 3.63) is 51.8 Å². The van der Waals surface area contributed by atoms with Gasteiger partial charge in [0.2, 0.25) is 5.75 Å². The van der Waals surface area contributed by atoms with Gasteiger partial charge in [-0.2, -0.15) is 0 Å². The Kier molecular flexibility index (Phi) is 3.84. The molecule has 6 heteroatoms. The molecule has 0 atom stereocenters. The Morgan fingerprint density at radius 2 is 2.05 bits per heavy atom. The van der Waals surface area contributed by atoms with Crippen LogP contribution < -0.4 is 10.5 Å². The third-order valence-electron chi connectivity index (χ3n) is 2.84. The lowest BCUT2D eigenvalue weighted by Gasteiger charge is -2.11. The van der Waals surface area contributed by atoms with Gasteiger partial charge in [-0.15, -0.1) is 0 Å². The monoisotopic (exact) mass is 273 g/mol. The van der Waals surface area contributed by atoms with Crippen LogP contribution in [0.3, 0.4) is 0 Å². The maximum atomic E-state index is 11.1. The van der Waals surface area contributed by atoms with Gasteiger partial charge >= 0.3 is 5.69 Å². The van der Waals surface area contributed by atoms with E-state index in [9.17, 15) is 10.1 Å². The van der Waals surface area contributed by atoms with Crippen LogP contribution in [0.5, 0.6) is 11.5 Å². The predicted octanol–water partition coefficient (Wildman–Crippen LogP) is 3.24. The minimum atomic E-state index is -0.544. The average molecular weight is 273 g/mol. The standard InChI is InChI=1S/C14H15N3O3/c1-3-11-12(8-7-9(2)16-11)20-13-6-4-5-10(15)14(13)17(18)19/h4-8H,3,15H2,1-2H3. The van der Waals surface area contributed by atoms with E-state index >= 15 is 0 Å². The second-order valence-corrected chi connectivity index (χ2v) is 4.30. The zero-order valence-corrected chi connectivity index (χ0v) is 11.3. The summed E-state index contributed by atoms with van der Waals surface area (Å²) >= 11 is 0.